The number of nitrogens with one attached hydrogen (secondary N) is 1. The molecule has 0 heterocycles. The van der Waals surface area contributed by atoms with Crippen LogP contribution in [0.4, 0.5) is 0 Å². The molecule has 0 bridgehead atoms. The molecule has 16 heavy (non-hydrogen) atoms. The highest BCUT2D eigenvalue weighted by molar-refractivity contribution is 6.34. The first kappa shape index (κ1) is 11.0. The first-order valence-electron chi connectivity index (χ1n) is 4.91. The summed E-state index contributed by atoms with van der Waals surface area (Å²) in [6, 6.07) is 5.02. The summed E-state index contributed by atoms with van der Waals surface area (Å²) in [5.41, 5.74) is 0.884. The highest BCUT2D eigenvalue weighted by Crippen LogP contribution is 2.22. The van der Waals surface area contributed by atoms with Crippen molar-refractivity contribution in [2.24, 2.45) is 5.16 Å². The van der Waals surface area contributed by atoms with Crippen molar-refractivity contribution in [1.29, 1.82) is 0 Å². The van der Waals surface area contributed by atoms with Gasteiger partial charge in [-0.3, -0.25) is 4.79 Å². The van der Waals surface area contributed by atoms with Crippen LogP contribution in [0.1, 0.15) is 28.8 Å². The van der Waals surface area contributed by atoms with Crippen LogP contribution in [-0.2, 0) is 0 Å². The standard InChI is InChI=1S/C11H10ClN2O2/c12-10-4-1-7(6-13-16)5-9(10)11(15)14-8-2-3-8/h1,4-5,8,16H,2-3H2,(H,14,15). The van der Waals surface area contributed by atoms with Gasteiger partial charge in [0.25, 0.3) is 5.91 Å². The number of carbonyl (C=O) groups excluding carboxylic acids is 1. The van der Waals surface area contributed by atoms with E-state index >= 15 is 0 Å². The van der Waals surface area contributed by atoms with Crippen LogP contribution >= 0.6 is 11.6 Å². The van der Waals surface area contributed by atoms with Gasteiger partial charge in [0.05, 0.1) is 10.6 Å². The van der Waals surface area contributed by atoms with Crippen LogP contribution < -0.4 is 5.32 Å². The molecule has 1 amide bonds. The van der Waals surface area contributed by atoms with Crippen molar-refractivity contribution in [2.75, 3.05) is 0 Å². The molecule has 1 aliphatic rings. The number of nitrogens with zero attached hydrogens (tertiary/aromatic N) is 1. The summed E-state index contributed by atoms with van der Waals surface area (Å²) in [7, 11) is 0. The van der Waals surface area contributed by atoms with Crippen LogP contribution in [0.5, 0.6) is 0 Å². The Morgan fingerprint density at radius 3 is 2.94 bits per heavy atom. The van der Waals surface area contributed by atoms with Crippen molar-refractivity contribution in [3.63, 3.8) is 0 Å². The van der Waals surface area contributed by atoms with E-state index in [9.17, 15) is 4.79 Å². The van der Waals surface area contributed by atoms with Crippen molar-refractivity contribution in [3.8, 4) is 0 Å². The zero-order valence-electron chi connectivity index (χ0n) is 8.40. The molecule has 1 fully saturated rings. The average Bonchev–Trinajstić information content (AvgIpc) is 3.05. The molecule has 1 aliphatic carbocycles. The Bertz CT molecular complexity index is 442. The normalized spacial score (nSPS) is 15.3. The van der Waals surface area contributed by atoms with Gasteiger partial charge < -0.3 is 10.5 Å². The van der Waals surface area contributed by atoms with E-state index in [-0.39, 0.29) is 11.9 Å². The molecule has 0 aliphatic heterocycles. The van der Waals surface area contributed by atoms with Crippen molar-refractivity contribution in [2.45, 2.75) is 18.9 Å². The summed E-state index contributed by atoms with van der Waals surface area (Å²) in [5, 5.41) is 14.4. The van der Waals surface area contributed by atoms with E-state index in [0.717, 1.165) is 12.8 Å². The van der Waals surface area contributed by atoms with Crippen LogP contribution in [-0.4, -0.2) is 23.4 Å². The highest BCUT2D eigenvalue weighted by atomic mass is 35.5. The SMILES string of the molecule is O=C(NC1CC1)c1cc(/[C]=N/O)ccc1Cl. The minimum Gasteiger partial charge on any atom is -0.410 e. The fourth-order valence-corrected chi connectivity index (χ4v) is 1.52. The summed E-state index contributed by atoms with van der Waals surface area (Å²) < 4.78 is 0. The molecule has 1 saturated carbocycles. The van der Waals surface area contributed by atoms with E-state index in [2.05, 4.69) is 16.7 Å². The summed E-state index contributed by atoms with van der Waals surface area (Å²) in [5.74, 6) is -0.200. The Kier molecular flexibility index (Phi) is 3.10. The highest BCUT2D eigenvalue weighted by Gasteiger charge is 2.24. The zero-order chi connectivity index (χ0) is 11.5. The van der Waals surface area contributed by atoms with Gasteiger partial charge in [-0.25, -0.2) is 0 Å². The quantitative estimate of drug-likeness (QED) is 0.479. The molecule has 0 saturated heterocycles. The van der Waals surface area contributed by atoms with Gasteiger partial charge in [-0.15, -0.1) is 0 Å². The first-order valence-corrected chi connectivity index (χ1v) is 5.29. The summed E-state index contributed by atoms with van der Waals surface area (Å²) in [6.45, 7) is 0. The number of amides is 1. The maximum absolute atomic E-state index is 11.8. The minimum atomic E-state index is -0.200. The van der Waals surface area contributed by atoms with Gasteiger partial charge in [-0.1, -0.05) is 22.8 Å². The third kappa shape index (κ3) is 2.52. The lowest BCUT2D eigenvalue weighted by Gasteiger charge is -2.05. The van der Waals surface area contributed by atoms with Crippen molar-refractivity contribution in [1.82, 2.24) is 5.32 Å². The fraction of sp³-hybridized carbons (Fsp3) is 0.273. The smallest absolute Gasteiger partial charge is 0.253 e. The molecule has 83 valence electrons. The zero-order valence-corrected chi connectivity index (χ0v) is 9.16. The first-order chi connectivity index (χ1) is 7.70. The summed E-state index contributed by atoms with van der Waals surface area (Å²) in [4.78, 5) is 11.8. The van der Waals surface area contributed by atoms with E-state index in [0.29, 0.717) is 16.1 Å². The summed E-state index contributed by atoms with van der Waals surface area (Å²) in [6.07, 6.45) is 4.38. The number of halogens is 1. The molecule has 2 N–H and O–H groups in total. The van der Waals surface area contributed by atoms with Gasteiger partial charge in [0, 0.05) is 11.6 Å². The van der Waals surface area contributed by atoms with Crippen LogP contribution in [0.3, 0.4) is 0 Å². The van der Waals surface area contributed by atoms with E-state index in [1.54, 1.807) is 18.2 Å². The van der Waals surface area contributed by atoms with Crippen LogP contribution in [0, 0.1) is 0 Å². The Labute approximate surface area is 97.9 Å². The van der Waals surface area contributed by atoms with Gasteiger partial charge >= 0.3 is 0 Å². The molecule has 0 atom stereocenters. The van der Waals surface area contributed by atoms with E-state index < -0.39 is 0 Å². The average molecular weight is 238 g/mol. The molecule has 5 heteroatoms. The number of benzene rings is 1. The predicted molar refractivity (Wildman–Crippen MR) is 60.3 cm³/mol. The lowest BCUT2D eigenvalue weighted by molar-refractivity contribution is 0.0951. The lowest BCUT2D eigenvalue weighted by Crippen LogP contribution is -2.25. The van der Waals surface area contributed by atoms with Gasteiger partial charge in [0.1, 0.15) is 6.21 Å². The summed E-state index contributed by atoms with van der Waals surface area (Å²) >= 11 is 5.91. The largest absolute Gasteiger partial charge is 0.410 e. The molecule has 1 radical (unpaired) electrons. The van der Waals surface area contributed by atoms with Gasteiger partial charge in [-0.2, -0.15) is 0 Å². The van der Waals surface area contributed by atoms with E-state index in [1.165, 1.54) is 0 Å². The lowest BCUT2D eigenvalue weighted by atomic mass is 10.1. The number of hydrogen-bond acceptors (Lipinski definition) is 3. The molecular weight excluding hydrogens is 228 g/mol. The molecule has 1 aromatic carbocycles. The molecule has 2 rings (SSSR count). The van der Waals surface area contributed by atoms with E-state index in [1.807, 2.05) is 0 Å². The number of hydrogen-bond donors (Lipinski definition) is 2. The van der Waals surface area contributed by atoms with Crippen molar-refractivity contribution in [3.05, 3.63) is 34.3 Å². The third-order valence-corrected chi connectivity index (χ3v) is 2.63. The Morgan fingerprint density at radius 2 is 2.31 bits per heavy atom. The Balaban J connectivity index is 2.22. The van der Waals surface area contributed by atoms with E-state index in [4.69, 9.17) is 16.8 Å². The third-order valence-electron chi connectivity index (χ3n) is 2.30. The topological polar surface area (TPSA) is 61.7 Å². The minimum absolute atomic E-state index is 0.200. The second kappa shape index (κ2) is 4.53. The molecule has 1 aromatic rings. The molecule has 4 nitrogen and oxygen atoms in total. The van der Waals surface area contributed by atoms with Crippen LogP contribution in [0.15, 0.2) is 23.4 Å². The van der Waals surface area contributed by atoms with Crippen molar-refractivity contribution >= 4 is 23.7 Å². The molecule has 0 spiro atoms. The second-order valence-corrected chi connectivity index (χ2v) is 4.06. The van der Waals surface area contributed by atoms with Gasteiger partial charge in [0.2, 0.25) is 0 Å². The monoisotopic (exact) mass is 237 g/mol. The number of carbonyl (C=O) groups is 1. The maximum atomic E-state index is 11.8. The van der Waals surface area contributed by atoms with Crippen LogP contribution in [0.2, 0.25) is 5.02 Å². The maximum Gasteiger partial charge on any atom is 0.253 e. The predicted octanol–water partition coefficient (Wildman–Crippen LogP) is 1.92. The molecular formula is C11H10ClN2O2. The van der Waals surface area contributed by atoms with Gasteiger partial charge in [0.15, 0.2) is 0 Å². The Morgan fingerprint density at radius 1 is 1.56 bits per heavy atom. The van der Waals surface area contributed by atoms with Gasteiger partial charge in [-0.05, 0) is 25.0 Å². The Hall–Kier alpha value is -1.55. The van der Waals surface area contributed by atoms with Crippen LogP contribution in [0.25, 0.3) is 0 Å². The fourth-order valence-electron chi connectivity index (χ4n) is 1.32. The molecule has 0 unspecified atom stereocenters. The molecule has 0 aromatic heterocycles. The van der Waals surface area contributed by atoms with Crippen molar-refractivity contribution < 1.29 is 10.0 Å². The number of rotatable bonds is 3. The second-order valence-electron chi connectivity index (χ2n) is 3.65.